The lowest BCUT2D eigenvalue weighted by Crippen LogP contribution is -2.25. The first-order chi connectivity index (χ1) is 12.1. The topological polar surface area (TPSA) is 66.5 Å². The third kappa shape index (κ3) is 4.63. The fourth-order valence-corrected chi connectivity index (χ4v) is 3.75. The Hall–Kier alpha value is -1.89. The van der Waals surface area contributed by atoms with Crippen molar-refractivity contribution in [2.24, 2.45) is 5.92 Å². The normalized spacial score (nSPS) is 13.0. The molecule has 0 fully saturated rings. The maximum atomic E-state index is 12.8. The maximum Gasteiger partial charge on any atom is 0.242 e. The SMILES string of the molecule is CC(C)[C@H](C(=O)Nc1cccc(S(=O)(=O)N(C)C)c1)c1ccc(Cl)cc1. The lowest BCUT2D eigenvalue weighted by molar-refractivity contribution is -0.118. The predicted molar refractivity (Wildman–Crippen MR) is 105 cm³/mol. The van der Waals surface area contributed by atoms with E-state index in [1.165, 1.54) is 26.2 Å². The minimum Gasteiger partial charge on any atom is -0.326 e. The van der Waals surface area contributed by atoms with Gasteiger partial charge in [-0.15, -0.1) is 0 Å². The zero-order valence-corrected chi connectivity index (χ0v) is 16.8. The van der Waals surface area contributed by atoms with Crippen molar-refractivity contribution in [3.63, 3.8) is 0 Å². The van der Waals surface area contributed by atoms with Crippen molar-refractivity contribution in [3.8, 4) is 0 Å². The highest BCUT2D eigenvalue weighted by molar-refractivity contribution is 7.89. The Balaban J connectivity index is 2.29. The van der Waals surface area contributed by atoms with Gasteiger partial charge in [-0.3, -0.25) is 4.79 Å². The lowest BCUT2D eigenvalue weighted by atomic mass is 9.87. The number of rotatable bonds is 6. The van der Waals surface area contributed by atoms with E-state index in [1.54, 1.807) is 24.3 Å². The van der Waals surface area contributed by atoms with Gasteiger partial charge in [-0.2, -0.15) is 0 Å². The van der Waals surface area contributed by atoms with Crippen LogP contribution in [-0.4, -0.2) is 32.7 Å². The molecule has 7 heteroatoms. The number of halogens is 1. The second kappa shape index (κ2) is 8.20. The molecular weight excluding hydrogens is 372 g/mol. The molecule has 2 aromatic rings. The molecule has 0 saturated carbocycles. The fourth-order valence-electron chi connectivity index (χ4n) is 2.67. The fraction of sp³-hybridized carbons (Fsp3) is 0.316. The van der Waals surface area contributed by atoms with Gasteiger partial charge in [0.05, 0.1) is 10.8 Å². The smallest absolute Gasteiger partial charge is 0.242 e. The molecule has 5 nitrogen and oxygen atoms in total. The Morgan fingerprint density at radius 2 is 1.69 bits per heavy atom. The van der Waals surface area contributed by atoms with Crippen LogP contribution in [0.4, 0.5) is 5.69 Å². The van der Waals surface area contributed by atoms with Gasteiger partial charge in [0.1, 0.15) is 0 Å². The van der Waals surface area contributed by atoms with Crippen molar-refractivity contribution >= 4 is 33.2 Å². The number of anilines is 1. The van der Waals surface area contributed by atoms with E-state index in [1.807, 2.05) is 26.0 Å². The Bertz CT molecular complexity index is 878. The molecule has 0 spiro atoms. The number of amides is 1. The molecule has 1 N–H and O–H groups in total. The van der Waals surface area contributed by atoms with Crippen molar-refractivity contribution in [1.29, 1.82) is 0 Å². The van der Waals surface area contributed by atoms with Gasteiger partial charge in [-0.1, -0.05) is 43.6 Å². The van der Waals surface area contributed by atoms with Crippen LogP contribution in [0, 0.1) is 5.92 Å². The molecular formula is C19H23ClN2O3S. The third-order valence-corrected chi connectivity index (χ3v) is 6.12. The van der Waals surface area contributed by atoms with E-state index in [-0.39, 0.29) is 22.6 Å². The number of sulfonamides is 1. The van der Waals surface area contributed by atoms with Crippen molar-refractivity contribution in [1.82, 2.24) is 4.31 Å². The summed E-state index contributed by atoms with van der Waals surface area (Å²) < 4.78 is 25.7. The average Bonchev–Trinajstić information content (AvgIpc) is 2.56. The summed E-state index contributed by atoms with van der Waals surface area (Å²) in [6, 6.07) is 13.4. The van der Waals surface area contributed by atoms with E-state index in [2.05, 4.69) is 5.32 Å². The predicted octanol–water partition coefficient (Wildman–Crippen LogP) is 3.97. The average molecular weight is 395 g/mol. The summed E-state index contributed by atoms with van der Waals surface area (Å²) in [5.41, 5.74) is 1.30. The highest BCUT2D eigenvalue weighted by Gasteiger charge is 2.25. The van der Waals surface area contributed by atoms with Gasteiger partial charge in [0.15, 0.2) is 0 Å². The monoisotopic (exact) mass is 394 g/mol. The van der Waals surface area contributed by atoms with Gasteiger partial charge in [0.25, 0.3) is 0 Å². The van der Waals surface area contributed by atoms with Gasteiger partial charge < -0.3 is 5.32 Å². The van der Waals surface area contributed by atoms with E-state index >= 15 is 0 Å². The molecule has 0 saturated heterocycles. The molecule has 0 bridgehead atoms. The summed E-state index contributed by atoms with van der Waals surface area (Å²) in [6.07, 6.45) is 0. The van der Waals surface area contributed by atoms with Crippen LogP contribution in [0.5, 0.6) is 0 Å². The van der Waals surface area contributed by atoms with Crippen molar-refractivity contribution < 1.29 is 13.2 Å². The van der Waals surface area contributed by atoms with Crippen LogP contribution in [-0.2, 0) is 14.8 Å². The zero-order valence-electron chi connectivity index (χ0n) is 15.2. The van der Waals surface area contributed by atoms with E-state index in [0.29, 0.717) is 10.7 Å². The minimum atomic E-state index is -3.56. The molecule has 0 heterocycles. The van der Waals surface area contributed by atoms with Gasteiger partial charge >= 0.3 is 0 Å². The van der Waals surface area contributed by atoms with Crippen LogP contribution in [0.15, 0.2) is 53.4 Å². The van der Waals surface area contributed by atoms with Gasteiger partial charge in [0.2, 0.25) is 15.9 Å². The van der Waals surface area contributed by atoms with Gasteiger partial charge in [-0.05, 0) is 41.8 Å². The van der Waals surface area contributed by atoms with Gasteiger partial charge in [-0.25, -0.2) is 12.7 Å². The summed E-state index contributed by atoms with van der Waals surface area (Å²) in [5.74, 6) is -0.507. The van der Waals surface area contributed by atoms with Crippen molar-refractivity contribution in [3.05, 3.63) is 59.1 Å². The molecule has 1 amide bonds. The first-order valence-electron chi connectivity index (χ1n) is 8.22. The Morgan fingerprint density at radius 1 is 1.08 bits per heavy atom. The molecule has 140 valence electrons. The number of carbonyl (C=O) groups is 1. The summed E-state index contributed by atoms with van der Waals surface area (Å²) in [6.45, 7) is 3.93. The Labute approximate surface area is 160 Å². The highest BCUT2D eigenvalue weighted by atomic mass is 35.5. The summed E-state index contributed by atoms with van der Waals surface area (Å²) in [7, 11) is -0.625. The molecule has 0 aliphatic heterocycles. The van der Waals surface area contributed by atoms with Crippen LogP contribution < -0.4 is 5.32 Å². The second-order valence-corrected chi connectivity index (χ2v) is 9.17. The molecule has 2 aromatic carbocycles. The summed E-state index contributed by atoms with van der Waals surface area (Å²) in [4.78, 5) is 13.0. The first kappa shape index (κ1) is 20.4. The quantitative estimate of drug-likeness (QED) is 0.806. The third-order valence-electron chi connectivity index (χ3n) is 4.06. The van der Waals surface area contributed by atoms with Crippen LogP contribution in [0.25, 0.3) is 0 Å². The maximum absolute atomic E-state index is 12.8. The van der Waals surface area contributed by atoms with Crippen LogP contribution >= 0.6 is 11.6 Å². The Kier molecular flexibility index (Phi) is 6.44. The number of nitrogens with zero attached hydrogens (tertiary/aromatic N) is 1. The first-order valence-corrected chi connectivity index (χ1v) is 10.0. The molecule has 0 unspecified atom stereocenters. The van der Waals surface area contributed by atoms with E-state index in [4.69, 9.17) is 11.6 Å². The van der Waals surface area contributed by atoms with Gasteiger partial charge in [0, 0.05) is 24.8 Å². The number of hydrogen-bond donors (Lipinski definition) is 1. The van der Waals surface area contributed by atoms with Crippen LogP contribution in [0.2, 0.25) is 5.02 Å². The zero-order chi connectivity index (χ0) is 19.5. The van der Waals surface area contributed by atoms with E-state index in [0.717, 1.165) is 9.87 Å². The summed E-state index contributed by atoms with van der Waals surface area (Å²) in [5, 5.41) is 3.44. The number of carbonyl (C=O) groups excluding carboxylic acids is 1. The van der Waals surface area contributed by atoms with Crippen LogP contribution in [0.1, 0.15) is 25.3 Å². The summed E-state index contributed by atoms with van der Waals surface area (Å²) >= 11 is 5.93. The Morgan fingerprint density at radius 3 is 2.23 bits per heavy atom. The molecule has 1 atom stereocenters. The number of hydrogen-bond acceptors (Lipinski definition) is 3. The molecule has 0 aliphatic carbocycles. The molecule has 0 radical (unpaired) electrons. The highest BCUT2D eigenvalue weighted by Crippen LogP contribution is 2.28. The molecule has 0 aliphatic rings. The van der Waals surface area contributed by atoms with Crippen molar-refractivity contribution in [2.45, 2.75) is 24.7 Å². The van der Waals surface area contributed by atoms with Crippen LogP contribution in [0.3, 0.4) is 0 Å². The second-order valence-electron chi connectivity index (χ2n) is 6.58. The largest absolute Gasteiger partial charge is 0.326 e. The minimum absolute atomic E-state index is 0.0601. The molecule has 2 rings (SSSR count). The van der Waals surface area contributed by atoms with E-state index in [9.17, 15) is 13.2 Å². The molecule has 0 aromatic heterocycles. The lowest BCUT2D eigenvalue weighted by Gasteiger charge is -2.21. The number of benzene rings is 2. The standard InChI is InChI=1S/C19H23ClN2O3S/c1-13(2)18(14-8-10-15(20)11-9-14)19(23)21-16-6-5-7-17(12-16)26(24,25)22(3)4/h5-13,18H,1-4H3,(H,21,23)/t18-/m0/s1. The van der Waals surface area contributed by atoms with Crippen molar-refractivity contribution in [2.75, 3.05) is 19.4 Å². The molecule has 26 heavy (non-hydrogen) atoms. The van der Waals surface area contributed by atoms with E-state index < -0.39 is 10.0 Å². The number of nitrogens with one attached hydrogen (secondary N) is 1.